The first kappa shape index (κ1) is 14.8. The van der Waals surface area contributed by atoms with Crippen LogP contribution in [0.5, 0.6) is 5.88 Å². The summed E-state index contributed by atoms with van der Waals surface area (Å²) in [5.41, 5.74) is 3.58. The quantitative estimate of drug-likeness (QED) is 0.642. The molecule has 0 saturated heterocycles. The predicted octanol–water partition coefficient (Wildman–Crippen LogP) is 5.01. The van der Waals surface area contributed by atoms with Crippen molar-refractivity contribution in [3.8, 4) is 5.88 Å². The Morgan fingerprint density at radius 2 is 1.50 bits per heavy atom. The van der Waals surface area contributed by atoms with Crippen LogP contribution in [0.2, 0.25) is 0 Å². The van der Waals surface area contributed by atoms with Crippen molar-refractivity contribution in [3.63, 3.8) is 0 Å². The third kappa shape index (κ3) is 4.18. The van der Waals surface area contributed by atoms with E-state index in [9.17, 15) is 0 Å². The Bertz CT molecular complexity index is 709. The second-order valence-corrected chi connectivity index (χ2v) is 6.00. The lowest BCUT2D eigenvalue weighted by Gasteiger charge is -2.06. The van der Waals surface area contributed by atoms with Crippen LogP contribution in [0.25, 0.3) is 0 Å². The first-order valence-corrected chi connectivity index (χ1v) is 7.95. The zero-order valence-electron chi connectivity index (χ0n) is 12.1. The molecule has 0 fully saturated rings. The molecule has 2 nitrogen and oxygen atoms in total. The maximum absolute atomic E-state index is 5.70. The number of hydrogen-bond acceptors (Lipinski definition) is 2. The first-order valence-electron chi connectivity index (χ1n) is 7.16. The van der Waals surface area contributed by atoms with E-state index < -0.39 is 0 Å². The van der Waals surface area contributed by atoms with Gasteiger partial charge >= 0.3 is 0 Å². The minimum absolute atomic E-state index is 0.542. The van der Waals surface area contributed by atoms with Gasteiger partial charge in [0, 0.05) is 16.7 Å². The van der Waals surface area contributed by atoms with Crippen LogP contribution in [0.1, 0.15) is 16.7 Å². The van der Waals surface area contributed by atoms with Crippen LogP contribution in [0.15, 0.2) is 77.4 Å². The van der Waals surface area contributed by atoms with Gasteiger partial charge in [0.05, 0.1) is 0 Å². The highest BCUT2D eigenvalue weighted by Crippen LogP contribution is 2.16. The molecule has 1 aromatic heterocycles. The zero-order valence-corrected chi connectivity index (χ0v) is 13.7. The molecule has 3 rings (SSSR count). The van der Waals surface area contributed by atoms with E-state index in [1.54, 1.807) is 0 Å². The van der Waals surface area contributed by atoms with Crippen molar-refractivity contribution >= 4 is 15.9 Å². The Labute approximate surface area is 138 Å². The summed E-state index contributed by atoms with van der Waals surface area (Å²) in [4.78, 5) is 4.38. The number of ether oxygens (including phenoxy) is 1. The number of hydrogen-bond donors (Lipinski definition) is 0. The molecule has 0 spiro atoms. The molecule has 0 aliphatic carbocycles. The van der Waals surface area contributed by atoms with Gasteiger partial charge in [0.1, 0.15) is 6.61 Å². The second kappa shape index (κ2) is 7.23. The number of aromatic nitrogens is 1. The average Bonchev–Trinajstić information content (AvgIpc) is 2.57. The first-order chi connectivity index (χ1) is 10.8. The standard InChI is InChI=1S/C19H16BrNO/c20-18-9-6-15(7-10-18)12-17-8-11-19(21-13-17)22-14-16-4-2-1-3-5-16/h1-11,13H,12,14H2. The van der Waals surface area contributed by atoms with E-state index in [0.717, 1.165) is 16.5 Å². The van der Waals surface area contributed by atoms with Crippen molar-refractivity contribution in [3.05, 3.63) is 94.1 Å². The lowest BCUT2D eigenvalue weighted by atomic mass is 10.1. The number of halogens is 1. The Morgan fingerprint density at radius 1 is 0.773 bits per heavy atom. The molecule has 0 N–H and O–H groups in total. The maximum Gasteiger partial charge on any atom is 0.213 e. The largest absolute Gasteiger partial charge is 0.473 e. The van der Waals surface area contributed by atoms with E-state index in [2.05, 4.69) is 51.2 Å². The van der Waals surface area contributed by atoms with Crippen LogP contribution in [-0.4, -0.2) is 4.98 Å². The third-order valence-corrected chi connectivity index (χ3v) is 3.88. The van der Waals surface area contributed by atoms with E-state index >= 15 is 0 Å². The molecule has 0 saturated carbocycles. The van der Waals surface area contributed by atoms with Gasteiger partial charge in [-0.1, -0.05) is 64.5 Å². The molecule has 22 heavy (non-hydrogen) atoms. The summed E-state index contributed by atoms with van der Waals surface area (Å²) in [6.07, 6.45) is 2.75. The molecule has 0 aliphatic rings. The topological polar surface area (TPSA) is 22.1 Å². The van der Waals surface area contributed by atoms with Gasteiger partial charge in [-0.3, -0.25) is 0 Å². The van der Waals surface area contributed by atoms with Gasteiger partial charge < -0.3 is 4.74 Å². The molecule has 0 radical (unpaired) electrons. The highest BCUT2D eigenvalue weighted by molar-refractivity contribution is 9.10. The van der Waals surface area contributed by atoms with Crippen LogP contribution < -0.4 is 4.74 Å². The summed E-state index contributed by atoms with van der Waals surface area (Å²) in [5.74, 6) is 0.656. The van der Waals surface area contributed by atoms with E-state index in [4.69, 9.17) is 4.74 Å². The Morgan fingerprint density at radius 3 is 2.18 bits per heavy atom. The van der Waals surface area contributed by atoms with Gasteiger partial charge in [0.2, 0.25) is 5.88 Å². The summed E-state index contributed by atoms with van der Waals surface area (Å²) >= 11 is 3.45. The Balaban J connectivity index is 1.59. The highest BCUT2D eigenvalue weighted by Gasteiger charge is 2.00. The van der Waals surface area contributed by atoms with Crippen LogP contribution in [0.3, 0.4) is 0 Å². The van der Waals surface area contributed by atoms with Crippen LogP contribution in [0.4, 0.5) is 0 Å². The predicted molar refractivity (Wildman–Crippen MR) is 92.0 cm³/mol. The summed E-state index contributed by atoms with van der Waals surface area (Å²) in [6, 6.07) is 22.4. The molecule has 2 aromatic carbocycles. The molecule has 0 atom stereocenters. The van der Waals surface area contributed by atoms with Gasteiger partial charge in [-0.25, -0.2) is 4.98 Å². The summed E-state index contributed by atoms with van der Waals surface area (Å²) in [7, 11) is 0. The van der Waals surface area contributed by atoms with Crippen LogP contribution in [-0.2, 0) is 13.0 Å². The highest BCUT2D eigenvalue weighted by atomic mass is 79.9. The van der Waals surface area contributed by atoms with Crippen LogP contribution in [0, 0.1) is 0 Å². The van der Waals surface area contributed by atoms with Crippen molar-refractivity contribution in [2.45, 2.75) is 13.0 Å². The number of pyridine rings is 1. The lowest BCUT2D eigenvalue weighted by Crippen LogP contribution is -1.97. The van der Waals surface area contributed by atoms with Gasteiger partial charge in [-0.2, -0.15) is 0 Å². The van der Waals surface area contributed by atoms with E-state index in [-0.39, 0.29) is 0 Å². The van der Waals surface area contributed by atoms with Crippen LogP contribution >= 0.6 is 15.9 Å². The monoisotopic (exact) mass is 353 g/mol. The molecular weight excluding hydrogens is 338 g/mol. The number of rotatable bonds is 5. The summed E-state index contributed by atoms with van der Waals surface area (Å²) < 4.78 is 6.79. The molecule has 0 amide bonds. The average molecular weight is 354 g/mol. The van der Waals surface area contributed by atoms with E-state index in [0.29, 0.717) is 12.5 Å². The van der Waals surface area contributed by atoms with Gasteiger partial charge in [0.15, 0.2) is 0 Å². The molecule has 110 valence electrons. The maximum atomic E-state index is 5.70. The minimum atomic E-state index is 0.542. The van der Waals surface area contributed by atoms with Gasteiger partial charge in [-0.15, -0.1) is 0 Å². The lowest BCUT2D eigenvalue weighted by molar-refractivity contribution is 0.294. The molecule has 3 heteroatoms. The fourth-order valence-electron chi connectivity index (χ4n) is 2.17. The number of benzene rings is 2. The molecular formula is C19H16BrNO. The normalized spacial score (nSPS) is 10.4. The summed E-state index contributed by atoms with van der Waals surface area (Å²) in [6.45, 7) is 0.542. The smallest absolute Gasteiger partial charge is 0.213 e. The molecule has 3 aromatic rings. The second-order valence-electron chi connectivity index (χ2n) is 5.08. The van der Waals surface area contributed by atoms with Crippen molar-refractivity contribution in [2.24, 2.45) is 0 Å². The van der Waals surface area contributed by atoms with E-state index in [1.807, 2.05) is 42.6 Å². The fourth-order valence-corrected chi connectivity index (χ4v) is 2.43. The SMILES string of the molecule is Brc1ccc(Cc2ccc(OCc3ccccc3)nc2)cc1. The third-order valence-electron chi connectivity index (χ3n) is 3.35. The molecule has 0 unspecified atom stereocenters. The van der Waals surface area contributed by atoms with Crippen molar-refractivity contribution < 1.29 is 4.74 Å². The molecule has 0 bridgehead atoms. The van der Waals surface area contributed by atoms with Crippen molar-refractivity contribution in [1.82, 2.24) is 4.98 Å². The van der Waals surface area contributed by atoms with Crippen molar-refractivity contribution in [1.29, 1.82) is 0 Å². The van der Waals surface area contributed by atoms with Gasteiger partial charge in [-0.05, 0) is 35.2 Å². The Kier molecular flexibility index (Phi) is 4.86. The van der Waals surface area contributed by atoms with Gasteiger partial charge in [0.25, 0.3) is 0 Å². The molecule has 1 heterocycles. The molecule has 0 aliphatic heterocycles. The minimum Gasteiger partial charge on any atom is -0.473 e. The number of nitrogens with zero attached hydrogens (tertiary/aromatic N) is 1. The summed E-state index contributed by atoms with van der Waals surface area (Å²) in [5, 5.41) is 0. The zero-order chi connectivity index (χ0) is 15.2. The fraction of sp³-hybridized carbons (Fsp3) is 0.105. The van der Waals surface area contributed by atoms with Crippen molar-refractivity contribution in [2.75, 3.05) is 0 Å². The Hall–Kier alpha value is -2.13. The van der Waals surface area contributed by atoms with E-state index in [1.165, 1.54) is 11.1 Å².